The van der Waals surface area contributed by atoms with Gasteiger partial charge in [0.05, 0.1) is 5.69 Å². The fourth-order valence-corrected chi connectivity index (χ4v) is 2.58. The number of thiocarbonyl (C=S) groups is 1. The molecule has 0 bridgehead atoms. The Bertz CT molecular complexity index is 775. The molecule has 0 amide bonds. The van der Waals surface area contributed by atoms with E-state index in [4.69, 9.17) is 18.0 Å². The van der Waals surface area contributed by atoms with E-state index in [2.05, 4.69) is 17.1 Å². The van der Waals surface area contributed by atoms with Crippen molar-refractivity contribution in [2.75, 3.05) is 0 Å². The van der Waals surface area contributed by atoms with Crippen LogP contribution in [0.5, 0.6) is 0 Å². The van der Waals surface area contributed by atoms with Gasteiger partial charge in [-0.25, -0.2) is 4.98 Å². The number of hydrogen-bond acceptors (Lipinski definition) is 2. The number of aryl methyl sites for hydroxylation is 1. The number of fused-ring (bicyclic) bond motifs is 1. The second kappa shape index (κ2) is 5.06. The Morgan fingerprint density at radius 3 is 2.70 bits per heavy atom. The summed E-state index contributed by atoms with van der Waals surface area (Å²) in [5.41, 5.74) is 10.9. The molecule has 2 heterocycles. The van der Waals surface area contributed by atoms with Crippen LogP contribution < -0.4 is 5.73 Å². The van der Waals surface area contributed by atoms with E-state index in [1.165, 1.54) is 11.1 Å². The summed E-state index contributed by atoms with van der Waals surface area (Å²) >= 11 is 5.20. The average Bonchev–Trinajstić information content (AvgIpc) is 2.76. The van der Waals surface area contributed by atoms with E-state index in [0.29, 0.717) is 4.99 Å². The van der Waals surface area contributed by atoms with Crippen molar-refractivity contribution >= 4 is 22.9 Å². The molecule has 2 N–H and O–H groups in total. The Balaban J connectivity index is 2.14. The molecule has 0 saturated carbocycles. The highest BCUT2D eigenvalue weighted by molar-refractivity contribution is 7.80. The number of nitrogens with two attached hydrogens (primary N) is 1. The van der Waals surface area contributed by atoms with Gasteiger partial charge >= 0.3 is 0 Å². The van der Waals surface area contributed by atoms with Gasteiger partial charge in [-0.2, -0.15) is 0 Å². The summed E-state index contributed by atoms with van der Waals surface area (Å²) in [6.07, 6.45) is 2.70. The largest absolute Gasteiger partial charge is 0.388 e. The minimum Gasteiger partial charge on any atom is -0.388 e. The van der Waals surface area contributed by atoms with Crippen molar-refractivity contribution in [2.45, 2.75) is 13.3 Å². The van der Waals surface area contributed by atoms with Crippen molar-refractivity contribution in [1.82, 2.24) is 9.38 Å². The molecule has 4 heteroatoms. The minimum absolute atomic E-state index is 0.382. The summed E-state index contributed by atoms with van der Waals surface area (Å²) in [4.78, 5) is 5.07. The SMILES string of the molecule is Cc1ccn2c(C(N)=S)c(Cc3ccccc3)nc2c1. The van der Waals surface area contributed by atoms with E-state index in [0.717, 1.165) is 23.5 Å². The quantitative estimate of drug-likeness (QED) is 0.751. The highest BCUT2D eigenvalue weighted by Crippen LogP contribution is 2.17. The van der Waals surface area contributed by atoms with Crippen LogP contribution in [0.1, 0.15) is 22.5 Å². The first-order chi connectivity index (χ1) is 9.65. The standard InChI is InChI=1S/C16H15N3S/c1-11-7-8-19-14(9-11)18-13(15(19)16(17)20)10-12-5-3-2-4-6-12/h2-9H,10H2,1H3,(H2,17,20). The molecule has 0 saturated heterocycles. The molecule has 3 nitrogen and oxygen atoms in total. The minimum atomic E-state index is 0.382. The summed E-state index contributed by atoms with van der Waals surface area (Å²) in [7, 11) is 0. The van der Waals surface area contributed by atoms with E-state index in [1.807, 2.05) is 47.9 Å². The van der Waals surface area contributed by atoms with E-state index in [-0.39, 0.29) is 0 Å². The number of nitrogens with zero attached hydrogens (tertiary/aromatic N) is 2. The first kappa shape index (κ1) is 12.8. The molecule has 0 spiro atoms. The van der Waals surface area contributed by atoms with E-state index in [9.17, 15) is 0 Å². The maximum atomic E-state index is 5.89. The fourth-order valence-electron chi connectivity index (χ4n) is 2.37. The molecule has 0 atom stereocenters. The number of pyridine rings is 1. The molecule has 3 aromatic rings. The zero-order valence-electron chi connectivity index (χ0n) is 11.2. The van der Waals surface area contributed by atoms with Gasteiger partial charge in [0.2, 0.25) is 0 Å². The highest BCUT2D eigenvalue weighted by atomic mass is 32.1. The first-order valence-electron chi connectivity index (χ1n) is 6.46. The van der Waals surface area contributed by atoms with Crippen LogP contribution in [0.3, 0.4) is 0 Å². The van der Waals surface area contributed by atoms with Gasteiger partial charge in [-0.05, 0) is 30.2 Å². The Hall–Kier alpha value is -2.20. The smallest absolute Gasteiger partial charge is 0.137 e. The van der Waals surface area contributed by atoms with Gasteiger partial charge in [0.1, 0.15) is 16.3 Å². The number of benzene rings is 1. The van der Waals surface area contributed by atoms with Crippen LogP contribution in [-0.2, 0) is 6.42 Å². The predicted octanol–water partition coefficient (Wildman–Crippen LogP) is 2.87. The van der Waals surface area contributed by atoms with Gasteiger partial charge in [-0.1, -0.05) is 42.5 Å². The monoisotopic (exact) mass is 281 g/mol. The van der Waals surface area contributed by atoms with Gasteiger partial charge in [-0.3, -0.25) is 4.40 Å². The Kier molecular flexibility index (Phi) is 3.24. The maximum Gasteiger partial charge on any atom is 0.137 e. The molecule has 0 aliphatic carbocycles. The second-order valence-electron chi connectivity index (χ2n) is 4.87. The average molecular weight is 281 g/mol. The molecule has 0 unspecified atom stereocenters. The first-order valence-corrected chi connectivity index (χ1v) is 6.87. The molecule has 20 heavy (non-hydrogen) atoms. The molecule has 100 valence electrons. The molecule has 1 aromatic carbocycles. The van der Waals surface area contributed by atoms with Crippen molar-refractivity contribution in [3.63, 3.8) is 0 Å². The van der Waals surface area contributed by atoms with Crippen molar-refractivity contribution in [2.24, 2.45) is 5.73 Å². The molecule has 0 radical (unpaired) electrons. The van der Waals surface area contributed by atoms with Crippen LogP contribution in [0.15, 0.2) is 48.7 Å². The maximum absolute atomic E-state index is 5.89. The number of hydrogen-bond donors (Lipinski definition) is 1. The van der Waals surface area contributed by atoms with Gasteiger partial charge in [0.15, 0.2) is 0 Å². The molecule has 0 aliphatic heterocycles. The van der Waals surface area contributed by atoms with Crippen molar-refractivity contribution in [3.05, 3.63) is 71.2 Å². The van der Waals surface area contributed by atoms with Gasteiger partial charge in [-0.15, -0.1) is 0 Å². The van der Waals surface area contributed by atoms with Gasteiger partial charge in [0, 0.05) is 12.6 Å². The number of imidazole rings is 1. The summed E-state index contributed by atoms with van der Waals surface area (Å²) in [5.74, 6) is 0. The van der Waals surface area contributed by atoms with Crippen molar-refractivity contribution in [1.29, 1.82) is 0 Å². The Labute approximate surface area is 123 Å². The van der Waals surface area contributed by atoms with Gasteiger partial charge in [0.25, 0.3) is 0 Å². The van der Waals surface area contributed by atoms with Crippen LogP contribution in [0.4, 0.5) is 0 Å². The van der Waals surface area contributed by atoms with Crippen LogP contribution in [0.25, 0.3) is 5.65 Å². The molecule has 0 fully saturated rings. The zero-order valence-corrected chi connectivity index (χ0v) is 12.0. The predicted molar refractivity (Wildman–Crippen MR) is 85.1 cm³/mol. The fraction of sp³-hybridized carbons (Fsp3) is 0.125. The molecular formula is C16H15N3S. The van der Waals surface area contributed by atoms with E-state index < -0.39 is 0 Å². The molecule has 0 aliphatic rings. The lowest BCUT2D eigenvalue weighted by molar-refractivity contribution is 1.10. The third-order valence-corrected chi connectivity index (χ3v) is 3.49. The third kappa shape index (κ3) is 2.30. The molecule has 3 rings (SSSR count). The van der Waals surface area contributed by atoms with Crippen LogP contribution in [0, 0.1) is 6.92 Å². The summed E-state index contributed by atoms with van der Waals surface area (Å²) in [5, 5.41) is 0. The zero-order chi connectivity index (χ0) is 14.1. The molecular weight excluding hydrogens is 266 g/mol. The Morgan fingerprint density at radius 1 is 1.25 bits per heavy atom. The lowest BCUT2D eigenvalue weighted by Crippen LogP contribution is -2.15. The molecule has 2 aromatic heterocycles. The topological polar surface area (TPSA) is 43.3 Å². The second-order valence-corrected chi connectivity index (χ2v) is 5.31. The van der Waals surface area contributed by atoms with Crippen molar-refractivity contribution in [3.8, 4) is 0 Å². The lowest BCUT2D eigenvalue weighted by Gasteiger charge is -2.03. The summed E-state index contributed by atoms with van der Waals surface area (Å²) in [6, 6.07) is 14.3. The van der Waals surface area contributed by atoms with E-state index >= 15 is 0 Å². The van der Waals surface area contributed by atoms with Crippen molar-refractivity contribution < 1.29 is 0 Å². The van der Waals surface area contributed by atoms with Crippen LogP contribution >= 0.6 is 12.2 Å². The highest BCUT2D eigenvalue weighted by Gasteiger charge is 2.14. The van der Waals surface area contributed by atoms with Gasteiger partial charge < -0.3 is 5.73 Å². The lowest BCUT2D eigenvalue weighted by atomic mass is 10.1. The normalized spacial score (nSPS) is 10.8. The van der Waals surface area contributed by atoms with Crippen LogP contribution in [-0.4, -0.2) is 14.4 Å². The van der Waals surface area contributed by atoms with E-state index in [1.54, 1.807) is 0 Å². The number of aromatic nitrogens is 2. The Morgan fingerprint density at radius 2 is 2.00 bits per heavy atom. The summed E-state index contributed by atoms with van der Waals surface area (Å²) in [6.45, 7) is 2.05. The number of rotatable bonds is 3. The third-order valence-electron chi connectivity index (χ3n) is 3.30. The summed E-state index contributed by atoms with van der Waals surface area (Å²) < 4.78 is 1.97. The van der Waals surface area contributed by atoms with Crippen LogP contribution in [0.2, 0.25) is 0 Å².